The molecule has 2 aromatic rings. The number of nitrogens with zero attached hydrogens (tertiary/aromatic N) is 4. The van der Waals surface area contributed by atoms with E-state index in [0.29, 0.717) is 41.6 Å². The molecule has 1 aliphatic heterocycles. The Hall–Kier alpha value is -1.68. The zero-order valence-electron chi connectivity index (χ0n) is 18.7. The van der Waals surface area contributed by atoms with Crippen molar-refractivity contribution in [3.05, 3.63) is 41.4 Å². The van der Waals surface area contributed by atoms with Crippen LogP contribution in [-0.4, -0.2) is 53.8 Å². The van der Waals surface area contributed by atoms with Gasteiger partial charge in [-0.2, -0.15) is 0 Å². The lowest BCUT2D eigenvalue weighted by molar-refractivity contribution is 0.189. The molecule has 1 aliphatic rings. The molecule has 9 heteroatoms. The van der Waals surface area contributed by atoms with Crippen LogP contribution in [0.5, 0.6) is 11.5 Å². The molecule has 172 valence electrons. The van der Waals surface area contributed by atoms with Gasteiger partial charge in [0.25, 0.3) is 0 Å². The van der Waals surface area contributed by atoms with Gasteiger partial charge in [-0.3, -0.25) is 0 Å². The number of piperidine rings is 1. The van der Waals surface area contributed by atoms with Crippen LogP contribution in [-0.2, 0) is 6.54 Å². The number of benzene rings is 1. The van der Waals surface area contributed by atoms with Gasteiger partial charge in [0.1, 0.15) is 0 Å². The van der Waals surface area contributed by atoms with Crippen LogP contribution in [0.15, 0.2) is 35.8 Å². The number of ether oxygens (including phenoxy) is 2. The van der Waals surface area contributed by atoms with Crippen LogP contribution in [0.1, 0.15) is 38.8 Å². The molecule has 2 unspecified atom stereocenters. The lowest BCUT2D eigenvalue weighted by atomic mass is 9.93. The van der Waals surface area contributed by atoms with Crippen molar-refractivity contribution in [3.63, 3.8) is 0 Å². The van der Waals surface area contributed by atoms with Crippen LogP contribution >= 0.6 is 35.6 Å². The van der Waals surface area contributed by atoms with E-state index in [9.17, 15) is 0 Å². The van der Waals surface area contributed by atoms with Crippen molar-refractivity contribution < 1.29 is 9.47 Å². The van der Waals surface area contributed by atoms with Crippen molar-refractivity contribution in [2.45, 2.75) is 39.8 Å². The van der Waals surface area contributed by atoms with Crippen LogP contribution in [0.25, 0.3) is 0 Å². The van der Waals surface area contributed by atoms with Crippen LogP contribution in [0.4, 0.5) is 0 Å². The second kappa shape index (κ2) is 12.4. The molecule has 2 atom stereocenters. The Labute approximate surface area is 207 Å². The molecule has 0 bridgehead atoms. The van der Waals surface area contributed by atoms with E-state index in [1.165, 1.54) is 0 Å². The third-order valence-corrected chi connectivity index (χ3v) is 5.73. The average molecular weight is 562 g/mol. The fourth-order valence-electron chi connectivity index (χ4n) is 3.84. The summed E-state index contributed by atoms with van der Waals surface area (Å²) in [7, 11) is 1.62. The van der Waals surface area contributed by atoms with Gasteiger partial charge in [0.2, 0.25) is 0 Å². The Bertz CT molecular complexity index is 847. The van der Waals surface area contributed by atoms with Crippen molar-refractivity contribution >= 4 is 41.5 Å². The first-order valence-electron chi connectivity index (χ1n) is 10.6. The Morgan fingerprint density at radius 3 is 2.81 bits per heavy atom. The second-order valence-electron chi connectivity index (χ2n) is 7.50. The van der Waals surface area contributed by atoms with Crippen LogP contribution < -0.4 is 14.8 Å². The molecule has 1 fully saturated rings. The van der Waals surface area contributed by atoms with Gasteiger partial charge < -0.3 is 24.3 Å². The molecule has 2 heterocycles. The van der Waals surface area contributed by atoms with E-state index >= 15 is 0 Å². The maximum Gasteiger partial charge on any atom is 0.194 e. The zero-order valence-corrected chi connectivity index (χ0v) is 21.8. The number of guanidine groups is 1. The molecule has 0 saturated carbocycles. The van der Waals surface area contributed by atoms with E-state index in [2.05, 4.69) is 33.6 Å². The van der Waals surface area contributed by atoms with E-state index in [1.807, 2.05) is 37.8 Å². The van der Waals surface area contributed by atoms with Gasteiger partial charge in [-0.15, -0.1) is 24.0 Å². The number of likely N-dealkylation sites (tertiary alicyclic amines) is 1. The molecule has 1 N–H and O–H groups in total. The topological polar surface area (TPSA) is 63.9 Å². The number of hydrogen-bond donors (Lipinski definition) is 1. The van der Waals surface area contributed by atoms with Crippen molar-refractivity contribution in [1.82, 2.24) is 19.8 Å². The van der Waals surface area contributed by atoms with Gasteiger partial charge in [0, 0.05) is 32.0 Å². The smallest absolute Gasteiger partial charge is 0.194 e. The fraction of sp³-hybridized carbons (Fsp3) is 0.545. The van der Waals surface area contributed by atoms with Gasteiger partial charge in [-0.1, -0.05) is 18.5 Å². The number of nitrogens with one attached hydrogen (secondary N) is 1. The highest BCUT2D eigenvalue weighted by atomic mass is 127. The lowest BCUT2D eigenvalue weighted by Gasteiger charge is -2.39. The standard InChI is InChI=1S/C22H32ClN5O2.HI/c1-5-25-22(27-9-7-16(3)19(14-27)28-10-8-24-15-28)26-13-17-11-18(23)21(30-6-2)20(12-17)29-4;/h8,10-12,15-16,19H,5-7,9,13-14H2,1-4H3,(H,25,26);1H. The zero-order chi connectivity index (χ0) is 21.5. The largest absolute Gasteiger partial charge is 0.493 e. The Kier molecular flexibility index (Phi) is 10.2. The predicted molar refractivity (Wildman–Crippen MR) is 136 cm³/mol. The second-order valence-corrected chi connectivity index (χ2v) is 7.91. The third kappa shape index (κ3) is 6.41. The summed E-state index contributed by atoms with van der Waals surface area (Å²) in [5.41, 5.74) is 0.979. The summed E-state index contributed by atoms with van der Waals surface area (Å²) in [5, 5.41) is 3.98. The molecule has 0 aliphatic carbocycles. The summed E-state index contributed by atoms with van der Waals surface area (Å²) in [6, 6.07) is 4.22. The monoisotopic (exact) mass is 561 g/mol. The van der Waals surface area contributed by atoms with Gasteiger partial charge in [0.05, 0.1) is 37.7 Å². The van der Waals surface area contributed by atoms with Gasteiger partial charge in [-0.25, -0.2) is 9.98 Å². The Morgan fingerprint density at radius 1 is 1.35 bits per heavy atom. The van der Waals surface area contributed by atoms with Crippen LogP contribution in [0.3, 0.4) is 0 Å². The maximum absolute atomic E-state index is 6.42. The average Bonchev–Trinajstić information content (AvgIpc) is 3.28. The molecule has 0 spiro atoms. The predicted octanol–water partition coefficient (Wildman–Crippen LogP) is 4.61. The summed E-state index contributed by atoms with van der Waals surface area (Å²) in [6.45, 7) is 10.0. The first-order chi connectivity index (χ1) is 14.6. The highest BCUT2D eigenvalue weighted by Gasteiger charge is 2.28. The first-order valence-corrected chi connectivity index (χ1v) is 10.9. The lowest BCUT2D eigenvalue weighted by Crippen LogP contribution is -2.49. The number of methoxy groups -OCH3 is 1. The summed E-state index contributed by atoms with van der Waals surface area (Å²) in [6.07, 6.45) is 6.90. The van der Waals surface area contributed by atoms with Gasteiger partial charge in [-0.05, 0) is 43.9 Å². The number of aromatic nitrogens is 2. The molecular formula is C22H33ClIN5O2. The molecule has 31 heavy (non-hydrogen) atoms. The summed E-state index contributed by atoms with van der Waals surface area (Å²) >= 11 is 6.42. The first kappa shape index (κ1) is 25.6. The molecule has 7 nitrogen and oxygen atoms in total. The Balaban J connectivity index is 0.00000341. The molecule has 0 amide bonds. The molecule has 3 rings (SSSR count). The van der Waals surface area contributed by atoms with Crippen molar-refractivity contribution in [3.8, 4) is 11.5 Å². The molecule has 1 saturated heterocycles. The SMILES string of the molecule is CCNC(=NCc1cc(Cl)c(OCC)c(OC)c1)N1CCC(C)C(n2ccnc2)C1.I. The molecule has 0 radical (unpaired) electrons. The fourth-order valence-corrected chi connectivity index (χ4v) is 4.12. The van der Waals surface area contributed by atoms with E-state index in [0.717, 1.165) is 37.6 Å². The van der Waals surface area contributed by atoms with Crippen molar-refractivity contribution in [2.75, 3.05) is 33.4 Å². The quantitative estimate of drug-likeness (QED) is 0.304. The minimum absolute atomic E-state index is 0. The third-order valence-electron chi connectivity index (χ3n) is 5.45. The highest BCUT2D eigenvalue weighted by Crippen LogP contribution is 2.36. The molecule has 1 aromatic heterocycles. The van der Waals surface area contributed by atoms with Crippen LogP contribution in [0, 0.1) is 5.92 Å². The number of rotatable bonds is 7. The maximum atomic E-state index is 6.42. The van der Waals surface area contributed by atoms with Gasteiger partial charge in [0.15, 0.2) is 17.5 Å². The van der Waals surface area contributed by atoms with Crippen molar-refractivity contribution in [1.29, 1.82) is 0 Å². The summed E-state index contributed by atoms with van der Waals surface area (Å²) in [4.78, 5) is 11.4. The minimum Gasteiger partial charge on any atom is -0.493 e. The van der Waals surface area contributed by atoms with Crippen LogP contribution in [0.2, 0.25) is 5.02 Å². The molecular weight excluding hydrogens is 529 g/mol. The van der Waals surface area contributed by atoms with E-state index in [4.69, 9.17) is 26.1 Å². The normalized spacial score (nSPS) is 19.0. The number of imidazole rings is 1. The summed E-state index contributed by atoms with van der Waals surface area (Å²) < 4.78 is 13.3. The summed E-state index contributed by atoms with van der Waals surface area (Å²) in [5.74, 6) is 2.71. The van der Waals surface area contributed by atoms with E-state index < -0.39 is 0 Å². The Morgan fingerprint density at radius 2 is 2.16 bits per heavy atom. The van der Waals surface area contributed by atoms with E-state index in [1.54, 1.807) is 7.11 Å². The van der Waals surface area contributed by atoms with E-state index in [-0.39, 0.29) is 24.0 Å². The van der Waals surface area contributed by atoms with Gasteiger partial charge >= 0.3 is 0 Å². The number of aliphatic imine (C=N–C) groups is 1. The minimum atomic E-state index is 0. The molecule has 1 aromatic carbocycles. The number of halogens is 2. The highest BCUT2D eigenvalue weighted by molar-refractivity contribution is 14.0. The number of hydrogen-bond acceptors (Lipinski definition) is 4. The van der Waals surface area contributed by atoms with Crippen molar-refractivity contribution in [2.24, 2.45) is 10.9 Å².